The van der Waals surface area contributed by atoms with E-state index in [1.807, 2.05) is 30.3 Å². The van der Waals surface area contributed by atoms with Crippen LogP contribution in [0.5, 0.6) is 0 Å². The second kappa shape index (κ2) is 9.13. The van der Waals surface area contributed by atoms with Crippen molar-refractivity contribution >= 4 is 17.7 Å². The van der Waals surface area contributed by atoms with Crippen LogP contribution in [0, 0.1) is 29.1 Å². The van der Waals surface area contributed by atoms with Crippen molar-refractivity contribution in [2.45, 2.75) is 63.2 Å². The molecule has 1 aromatic heterocycles. The highest BCUT2D eigenvalue weighted by molar-refractivity contribution is 5.98. The second-order valence-corrected chi connectivity index (χ2v) is 10.7. The predicted molar refractivity (Wildman–Crippen MR) is 132 cm³/mol. The number of benzene rings is 1. The number of anilines is 1. The number of hydrogen-bond donors (Lipinski definition) is 1. The summed E-state index contributed by atoms with van der Waals surface area (Å²) in [7, 11) is 0. The average molecular weight is 470 g/mol. The van der Waals surface area contributed by atoms with Crippen LogP contribution < -0.4 is 5.32 Å². The summed E-state index contributed by atoms with van der Waals surface area (Å²) in [5, 5.41) is 12.8. The summed E-state index contributed by atoms with van der Waals surface area (Å²) in [6, 6.07) is 12.3. The van der Waals surface area contributed by atoms with E-state index >= 15 is 0 Å². The zero-order chi connectivity index (χ0) is 23.8. The lowest BCUT2D eigenvalue weighted by Gasteiger charge is -2.60. The highest BCUT2D eigenvalue weighted by Crippen LogP contribution is 2.58. The van der Waals surface area contributed by atoms with E-state index in [0.29, 0.717) is 42.4 Å². The fourth-order valence-electron chi connectivity index (χ4n) is 7.15. The fourth-order valence-corrected chi connectivity index (χ4v) is 7.15. The summed E-state index contributed by atoms with van der Waals surface area (Å²) in [6.07, 6.45) is 12.7. The molecule has 2 atom stereocenters. The van der Waals surface area contributed by atoms with Crippen molar-refractivity contribution in [1.82, 2.24) is 4.98 Å². The van der Waals surface area contributed by atoms with Crippen molar-refractivity contribution in [3.8, 4) is 6.07 Å². The number of pyridine rings is 1. The standard InChI is InChI=1S/C29H31N3O3/c30-10-5-11-35-29-14-20-12-21(15-29)26(22(13-20)16-29)32-27-23-8-4-9-25(23)31-17-24(27)28(33)34-18-19-6-2-1-3-7-19/h1-4,6-8,17,20-22,26H,5,9,11-16,18H2,(H,31,32). The first-order chi connectivity index (χ1) is 17.1. The second-order valence-electron chi connectivity index (χ2n) is 10.7. The Hall–Kier alpha value is -3.17. The van der Waals surface area contributed by atoms with Crippen molar-refractivity contribution in [3.63, 3.8) is 0 Å². The summed E-state index contributed by atoms with van der Waals surface area (Å²) in [6.45, 7) is 0.770. The molecule has 35 heavy (non-hydrogen) atoms. The van der Waals surface area contributed by atoms with Crippen LogP contribution in [0.3, 0.4) is 0 Å². The maximum Gasteiger partial charge on any atom is 0.342 e. The van der Waals surface area contributed by atoms with Gasteiger partial charge in [0.05, 0.1) is 36.1 Å². The molecule has 5 aliphatic carbocycles. The number of nitriles is 1. The molecule has 4 bridgehead atoms. The van der Waals surface area contributed by atoms with Crippen LogP contribution in [0.1, 0.15) is 65.7 Å². The number of aromatic nitrogens is 1. The van der Waals surface area contributed by atoms with E-state index in [0.717, 1.165) is 48.2 Å². The first kappa shape index (κ1) is 22.3. The molecule has 5 aliphatic rings. The van der Waals surface area contributed by atoms with Crippen molar-refractivity contribution < 1.29 is 14.3 Å². The summed E-state index contributed by atoms with van der Waals surface area (Å²) in [5.74, 6) is 1.37. The van der Waals surface area contributed by atoms with Crippen molar-refractivity contribution in [2.24, 2.45) is 17.8 Å². The molecule has 1 aromatic carbocycles. The molecule has 6 heteroatoms. The van der Waals surface area contributed by atoms with Gasteiger partial charge in [-0.15, -0.1) is 0 Å². The lowest BCUT2D eigenvalue weighted by Crippen LogP contribution is -2.60. The fraction of sp³-hybridized carbons (Fsp3) is 0.483. The van der Waals surface area contributed by atoms with E-state index in [1.54, 1.807) is 6.20 Å². The lowest BCUT2D eigenvalue weighted by molar-refractivity contribution is -0.165. The maximum absolute atomic E-state index is 13.2. The van der Waals surface area contributed by atoms with E-state index in [1.165, 1.54) is 12.8 Å². The van der Waals surface area contributed by atoms with Crippen LogP contribution >= 0.6 is 0 Å². The Kier molecular flexibility index (Phi) is 5.82. The molecule has 4 fully saturated rings. The van der Waals surface area contributed by atoms with Gasteiger partial charge in [-0.2, -0.15) is 5.26 Å². The Morgan fingerprint density at radius 3 is 2.74 bits per heavy atom. The van der Waals surface area contributed by atoms with Gasteiger partial charge in [-0.1, -0.05) is 42.5 Å². The van der Waals surface area contributed by atoms with Crippen LogP contribution in [0.4, 0.5) is 5.69 Å². The molecule has 7 rings (SSSR count). The van der Waals surface area contributed by atoms with Gasteiger partial charge in [0, 0.05) is 24.2 Å². The van der Waals surface area contributed by atoms with E-state index in [2.05, 4.69) is 28.5 Å². The molecule has 180 valence electrons. The van der Waals surface area contributed by atoms with Gasteiger partial charge in [-0.25, -0.2) is 4.79 Å². The quantitative estimate of drug-likeness (QED) is 0.417. The highest BCUT2D eigenvalue weighted by atomic mass is 16.5. The van der Waals surface area contributed by atoms with Crippen LogP contribution in [-0.2, 0) is 22.5 Å². The van der Waals surface area contributed by atoms with Crippen LogP contribution in [0.2, 0.25) is 0 Å². The Balaban J connectivity index is 1.24. The summed E-state index contributed by atoms with van der Waals surface area (Å²) >= 11 is 0. The third-order valence-electron chi connectivity index (χ3n) is 8.38. The first-order valence-electron chi connectivity index (χ1n) is 12.8. The number of fused-ring (bicyclic) bond motifs is 1. The number of rotatable bonds is 8. The minimum Gasteiger partial charge on any atom is -0.457 e. The summed E-state index contributed by atoms with van der Waals surface area (Å²) in [5.41, 5.74) is 4.31. The Bertz CT molecular complexity index is 1170. The molecular weight excluding hydrogens is 438 g/mol. The van der Waals surface area contributed by atoms with E-state index in [-0.39, 0.29) is 18.2 Å². The highest BCUT2D eigenvalue weighted by Gasteiger charge is 2.56. The predicted octanol–water partition coefficient (Wildman–Crippen LogP) is 5.30. The zero-order valence-electron chi connectivity index (χ0n) is 19.9. The van der Waals surface area contributed by atoms with Gasteiger partial charge in [0.2, 0.25) is 0 Å². The molecule has 2 aromatic rings. The Morgan fingerprint density at radius 2 is 1.97 bits per heavy atom. The number of carbonyl (C=O) groups excluding carboxylic acids is 1. The zero-order valence-corrected chi connectivity index (χ0v) is 19.9. The molecule has 1 heterocycles. The molecule has 0 saturated heterocycles. The number of nitrogens with zero attached hydrogens (tertiary/aromatic N) is 2. The van der Waals surface area contributed by atoms with Gasteiger partial charge in [0.25, 0.3) is 0 Å². The number of esters is 1. The molecule has 1 N–H and O–H groups in total. The molecular formula is C29H31N3O3. The summed E-state index contributed by atoms with van der Waals surface area (Å²) in [4.78, 5) is 17.8. The lowest BCUT2D eigenvalue weighted by atomic mass is 9.52. The topological polar surface area (TPSA) is 84.2 Å². The van der Waals surface area contributed by atoms with Crippen LogP contribution in [0.25, 0.3) is 6.08 Å². The number of nitrogens with one attached hydrogen (secondary N) is 1. The smallest absolute Gasteiger partial charge is 0.342 e. The van der Waals surface area contributed by atoms with Crippen molar-refractivity contribution in [1.29, 1.82) is 5.26 Å². The molecule has 2 unspecified atom stereocenters. The first-order valence-corrected chi connectivity index (χ1v) is 12.8. The normalized spacial score (nSPS) is 29.6. The number of hydrogen-bond acceptors (Lipinski definition) is 6. The van der Waals surface area contributed by atoms with Crippen molar-refractivity contribution in [3.05, 3.63) is 65.0 Å². The van der Waals surface area contributed by atoms with E-state index < -0.39 is 0 Å². The number of allylic oxidation sites excluding steroid dienone is 1. The number of ether oxygens (including phenoxy) is 2. The Labute approximate surface area is 206 Å². The Morgan fingerprint density at radius 1 is 1.17 bits per heavy atom. The molecule has 0 spiro atoms. The van der Waals surface area contributed by atoms with Gasteiger partial charge >= 0.3 is 5.97 Å². The minimum absolute atomic E-state index is 0.0664. The van der Waals surface area contributed by atoms with Gasteiger partial charge in [0.15, 0.2) is 0 Å². The maximum atomic E-state index is 13.2. The average Bonchev–Trinajstić information content (AvgIpc) is 3.34. The largest absolute Gasteiger partial charge is 0.457 e. The minimum atomic E-state index is -0.341. The number of carbonyl (C=O) groups is 1. The molecule has 0 aliphatic heterocycles. The van der Waals surface area contributed by atoms with E-state index in [9.17, 15) is 4.79 Å². The third kappa shape index (κ3) is 4.23. The van der Waals surface area contributed by atoms with Gasteiger partial charge < -0.3 is 14.8 Å². The van der Waals surface area contributed by atoms with Crippen molar-refractivity contribution in [2.75, 3.05) is 11.9 Å². The molecule has 6 nitrogen and oxygen atoms in total. The third-order valence-corrected chi connectivity index (χ3v) is 8.38. The van der Waals surface area contributed by atoms with Crippen LogP contribution in [0.15, 0.2) is 42.6 Å². The van der Waals surface area contributed by atoms with Crippen LogP contribution in [-0.4, -0.2) is 29.2 Å². The molecule has 0 amide bonds. The monoisotopic (exact) mass is 469 g/mol. The van der Waals surface area contributed by atoms with Gasteiger partial charge in [-0.05, 0) is 55.4 Å². The van der Waals surface area contributed by atoms with Gasteiger partial charge in [-0.3, -0.25) is 4.98 Å². The molecule has 0 radical (unpaired) electrons. The van der Waals surface area contributed by atoms with E-state index in [4.69, 9.17) is 14.7 Å². The molecule has 4 saturated carbocycles. The van der Waals surface area contributed by atoms with Gasteiger partial charge in [0.1, 0.15) is 12.2 Å². The SMILES string of the molecule is N#CCCOC12CC3CC(C1)C(Nc1c(C(=O)OCc4ccccc4)cnc4c1C=CC4)C(C3)C2. The summed E-state index contributed by atoms with van der Waals surface area (Å²) < 4.78 is 12.0.